The monoisotopic (exact) mass is 189 g/mol. The minimum Gasteiger partial charge on any atom is -0.507 e. The molecule has 0 bridgehead atoms. The van der Waals surface area contributed by atoms with Crippen LogP contribution in [0.15, 0.2) is 24.3 Å². The Morgan fingerprint density at radius 2 is 2.21 bits per heavy atom. The molecule has 3 nitrogen and oxygen atoms in total. The molecule has 0 atom stereocenters. The van der Waals surface area contributed by atoms with E-state index in [0.29, 0.717) is 17.6 Å². The van der Waals surface area contributed by atoms with Gasteiger partial charge in [-0.2, -0.15) is 0 Å². The van der Waals surface area contributed by atoms with E-state index in [9.17, 15) is 9.90 Å². The summed E-state index contributed by atoms with van der Waals surface area (Å²) in [5, 5.41) is 16.8. The fraction of sp³-hybridized carbons (Fsp3) is 0.0909. The smallest absolute Gasteiger partial charge is 0.142 e. The average molecular weight is 189 g/mol. The standard InChI is InChI=1S/C11H11NO2/c1-8(12)10-5-4-9(3-2-6-13)7-11(10)14/h2-7,12,14H,1H3/b3-2+,12-8?. The third-order valence-electron chi connectivity index (χ3n) is 1.79. The Labute approximate surface area is 82.2 Å². The number of allylic oxidation sites excluding steroid dienone is 1. The molecule has 1 aromatic rings. The van der Waals surface area contributed by atoms with E-state index in [0.717, 1.165) is 5.56 Å². The van der Waals surface area contributed by atoms with Crippen molar-refractivity contribution in [2.24, 2.45) is 0 Å². The van der Waals surface area contributed by atoms with Gasteiger partial charge in [0.15, 0.2) is 0 Å². The van der Waals surface area contributed by atoms with Crippen LogP contribution in [0.4, 0.5) is 0 Å². The number of hydrogen-bond acceptors (Lipinski definition) is 3. The van der Waals surface area contributed by atoms with E-state index in [-0.39, 0.29) is 5.75 Å². The first kappa shape index (κ1) is 10.2. The number of phenols is 1. The summed E-state index contributed by atoms with van der Waals surface area (Å²) in [5.41, 5.74) is 1.56. The van der Waals surface area contributed by atoms with Crippen LogP contribution in [-0.4, -0.2) is 17.1 Å². The molecule has 0 aliphatic carbocycles. The topological polar surface area (TPSA) is 61.2 Å². The highest BCUT2D eigenvalue weighted by Gasteiger charge is 2.02. The second kappa shape index (κ2) is 4.37. The van der Waals surface area contributed by atoms with E-state index < -0.39 is 0 Å². The van der Waals surface area contributed by atoms with Crippen LogP contribution in [-0.2, 0) is 4.79 Å². The maximum atomic E-state index is 10.1. The molecule has 0 fully saturated rings. The highest BCUT2D eigenvalue weighted by atomic mass is 16.3. The van der Waals surface area contributed by atoms with E-state index in [2.05, 4.69) is 0 Å². The zero-order valence-corrected chi connectivity index (χ0v) is 7.82. The molecule has 0 spiro atoms. The summed E-state index contributed by atoms with van der Waals surface area (Å²) in [7, 11) is 0. The van der Waals surface area contributed by atoms with Crippen molar-refractivity contribution < 1.29 is 9.90 Å². The predicted molar refractivity (Wildman–Crippen MR) is 55.7 cm³/mol. The van der Waals surface area contributed by atoms with Crippen molar-refractivity contribution in [3.8, 4) is 5.75 Å². The van der Waals surface area contributed by atoms with Crippen molar-refractivity contribution in [1.29, 1.82) is 5.41 Å². The van der Waals surface area contributed by atoms with Gasteiger partial charge in [-0.25, -0.2) is 0 Å². The summed E-state index contributed by atoms with van der Waals surface area (Å²) in [6, 6.07) is 4.92. The maximum Gasteiger partial charge on any atom is 0.142 e. The number of carbonyl (C=O) groups excluding carboxylic acids is 1. The molecule has 0 radical (unpaired) electrons. The SMILES string of the molecule is CC(=N)c1ccc(/C=C/C=O)cc1O. The molecular formula is C11H11NO2. The summed E-state index contributed by atoms with van der Waals surface area (Å²) in [6.07, 6.45) is 3.62. The number of benzene rings is 1. The van der Waals surface area contributed by atoms with Gasteiger partial charge < -0.3 is 10.5 Å². The van der Waals surface area contributed by atoms with Crippen molar-refractivity contribution in [1.82, 2.24) is 0 Å². The number of aromatic hydroxyl groups is 1. The number of carbonyl (C=O) groups is 1. The van der Waals surface area contributed by atoms with Crippen molar-refractivity contribution in [2.45, 2.75) is 6.92 Å². The number of nitrogens with one attached hydrogen (secondary N) is 1. The lowest BCUT2D eigenvalue weighted by atomic mass is 10.1. The Balaban J connectivity index is 3.06. The van der Waals surface area contributed by atoms with E-state index >= 15 is 0 Å². The van der Waals surface area contributed by atoms with Crippen LogP contribution in [0, 0.1) is 5.41 Å². The molecule has 0 aliphatic rings. The van der Waals surface area contributed by atoms with Crippen molar-refractivity contribution in [3.05, 3.63) is 35.4 Å². The molecule has 1 rings (SSSR count). The zero-order chi connectivity index (χ0) is 10.6. The normalized spacial score (nSPS) is 10.4. The van der Waals surface area contributed by atoms with Crippen LogP contribution in [0.2, 0.25) is 0 Å². The summed E-state index contributed by atoms with van der Waals surface area (Å²) in [4.78, 5) is 10.1. The maximum absolute atomic E-state index is 10.1. The van der Waals surface area contributed by atoms with Crippen molar-refractivity contribution >= 4 is 18.1 Å². The van der Waals surface area contributed by atoms with Crippen LogP contribution in [0.1, 0.15) is 18.1 Å². The lowest BCUT2D eigenvalue weighted by Crippen LogP contribution is -1.92. The molecule has 0 saturated heterocycles. The highest BCUT2D eigenvalue weighted by Crippen LogP contribution is 2.19. The van der Waals surface area contributed by atoms with Crippen LogP contribution >= 0.6 is 0 Å². The van der Waals surface area contributed by atoms with Crippen LogP contribution in [0.3, 0.4) is 0 Å². The Kier molecular flexibility index (Phi) is 3.18. The van der Waals surface area contributed by atoms with Gasteiger partial charge in [0.25, 0.3) is 0 Å². The van der Waals surface area contributed by atoms with Gasteiger partial charge in [0.2, 0.25) is 0 Å². The summed E-state index contributed by atoms with van der Waals surface area (Å²) in [6.45, 7) is 1.61. The van der Waals surface area contributed by atoms with Crippen LogP contribution < -0.4 is 0 Å². The second-order valence-electron chi connectivity index (χ2n) is 2.90. The minimum atomic E-state index is 0.0607. The molecular weight excluding hydrogens is 178 g/mol. The summed E-state index contributed by atoms with van der Waals surface area (Å²) >= 11 is 0. The van der Waals surface area contributed by atoms with Gasteiger partial charge in [-0.3, -0.25) is 4.79 Å². The van der Waals surface area contributed by atoms with Gasteiger partial charge in [-0.1, -0.05) is 12.1 Å². The van der Waals surface area contributed by atoms with Gasteiger partial charge in [0, 0.05) is 11.3 Å². The van der Waals surface area contributed by atoms with E-state index in [1.807, 2.05) is 0 Å². The third kappa shape index (κ3) is 2.29. The Hall–Kier alpha value is -1.90. The van der Waals surface area contributed by atoms with E-state index in [4.69, 9.17) is 5.41 Å². The minimum absolute atomic E-state index is 0.0607. The van der Waals surface area contributed by atoms with Gasteiger partial charge in [0.05, 0.1) is 0 Å². The number of aldehydes is 1. The zero-order valence-electron chi connectivity index (χ0n) is 7.82. The van der Waals surface area contributed by atoms with Gasteiger partial charge in [-0.15, -0.1) is 0 Å². The molecule has 0 heterocycles. The fourth-order valence-corrected chi connectivity index (χ4v) is 1.12. The molecule has 2 N–H and O–H groups in total. The molecule has 0 saturated carbocycles. The fourth-order valence-electron chi connectivity index (χ4n) is 1.12. The molecule has 72 valence electrons. The van der Waals surface area contributed by atoms with Crippen molar-refractivity contribution in [3.63, 3.8) is 0 Å². The molecule has 0 unspecified atom stereocenters. The predicted octanol–water partition coefficient (Wildman–Crippen LogP) is 1.99. The molecule has 3 heteroatoms. The Morgan fingerprint density at radius 3 is 2.71 bits per heavy atom. The van der Waals surface area contributed by atoms with E-state index in [1.165, 1.54) is 12.1 Å². The number of rotatable bonds is 3. The quantitative estimate of drug-likeness (QED) is 0.434. The average Bonchev–Trinajstić information content (AvgIpc) is 2.14. The number of hydrogen-bond donors (Lipinski definition) is 2. The molecule has 0 amide bonds. The highest BCUT2D eigenvalue weighted by molar-refractivity contribution is 5.99. The lowest BCUT2D eigenvalue weighted by Gasteiger charge is -2.02. The largest absolute Gasteiger partial charge is 0.507 e. The summed E-state index contributed by atoms with van der Waals surface area (Å²) < 4.78 is 0. The Bertz CT molecular complexity index is 394. The van der Waals surface area contributed by atoms with Crippen LogP contribution in [0.5, 0.6) is 5.75 Å². The first-order chi connectivity index (χ1) is 6.65. The molecule has 1 aromatic carbocycles. The number of phenolic OH excluding ortho intramolecular Hbond substituents is 1. The molecule has 0 aliphatic heterocycles. The second-order valence-corrected chi connectivity index (χ2v) is 2.90. The molecule has 0 aromatic heterocycles. The van der Waals surface area contributed by atoms with Gasteiger partial charge in [-0.05, 0) is 30.7 Å². The first-order valence-electron chi connectivity index (χ1n) is 4.15. The lowest BCUT2D eigenvalue weighted by molar-refractivity contribution is -0.104. The van der Waals surface area contributed by atoms with E-state index in [1.54, 1.807) is 25.1 Å². The third-order valence-corrected chi connectivity index (χ3v) is 1.79. The molecule has 14 heavy (non-hydrogen) atoms. The Morgan fingerprint density at radius 1 is 1.50 bits per heavy atom. The van der Waals surface area contributed by atoms with Crippen molar-refractivity contribution in [2.75, 3.05) is 0 Å². The van der Waals surface area contributed by atoms with Crippen LogP contribution in [0.25, 0.3) is 6.08 Å². The van der Waals surface area contributed by atoms with Gasteiger partial charge in [0.1, 0.15) is 12.0 Å². The summed E-state index contributed by atoms with van der Waals surface area (Å²) in [5.74, 6) is 0.0607. The van der Waals surface area contributed by atoms with Gasteiger partial charge >= 0.3 is 0 Å². The first-order valence-corrected chi connectivity index (χ1v) is 4.15.